The van der Waals surface area contributed by atoms with E-state index in [1.165, 1.54) is 19.3 Å². The van der Waals surface area contributed by atoms with E-state index >= 15 is 0 Å². The van der Waals surface area contributed by atoms with Crippen LogP contribution in [0, 0.1) is 0 Å². The van der Waals surface area contributed by atoms with Crippen LogP contribution in [0.4, 0.5) is 0 Å². The molecule has 0 fully saturated rings. The zero-order chi connectivity index (χ0) is 8.53. The fourth-order valence-electron chi connectivity index (χ4n) is 1.08. The van der Waals surface area contributed by atoms with Gasteiger partial charge in [-0.15, -0.1) is 6.58 Å². The van der Waals surface area contributed by atoms with Crippen molar-refractivity contribution in [3.8, 4) is 0 Å². The average molecular weight is 156 g/mol. The zero-order valence-electron chi connectivity index (χ0n) is 7.55. The van der Waals surface area contributed by atoms with Crippen molar-refractivity contribution in [2.45, 2.75) is 51.6 Å². The van der Waals surface area contributed by atoms with Crippen molar-refractivity contribution in [1.29, 1.82) is 0 Å². The molecule has 0 saturated heterocycles. The van der Waals surface area contributed by atoms with Crippen LogP contribution in [-0.4, -0.2) is 11.2 Å². The van der Waals surface area contributed by atoms with Gasteiger partial charge in [0.1, 0.15) is 0 Å². The van der Waals surface area contributed by atoms with Gasteiger partial charge in [-0.1, -0.05) is 25.3 Å². The van der Waals surface area contributed by atoms with E-state index in [-0.39, 0.29) is 6.10 Å². The van der Waals surface area contributed by atoms with Gasteiger partial charge in [-0.05, 0) is 26.2 Å². The predicted molar refractivity (Wildman–Crippen MR) is 49.6 cm³/mol. The van der Waals surface area contributed by atoms with Gasteiger partial charge in [-0.25, -0.2) is 0 Å². The highest BCUT2D eigenvalue weighted by atomic mass is 16.3. The van der Waals surface area contributed by atoms with Gasteiger partial charge in [-0.3, -0.25) is 0 Å². The minimum absolute atomic E-state index is 0.116. The zero-order valence-corrected chi connectivity index (χ0v) is 7.55. The second kappa shape index (κ2) is 7.80. The van der Waals surface area contributed by atoms with E-state index in [1.54, 1.807) is 0 Å². The average Bonchev–Trinajstić information content (AvgIpc) is 1.96. The Bertz CT molecular complexity index is 86.9. The Labute approximate surface area is 70.1 Å². The van der Waals surface area contributed by atoms with Gasteiger partial charge in [0, 0.05) is 0 Å². The molecule has 1 nitrogen and oxygen atoms in total. The van der Waals surface area contributed by atoms with Gasteiger partial charge in [0.2, 0.25) is 0 Å². The lowest BCUT2D eigenvalue weighted by molar-refractivity contribution is 0.180. The number of aliphatic hydroxyl groups excluding tert-OH is 1. The molecule has 1 heteroatoms. The predicted octanol–water partition coefficient (Wildman–Crippen LogP) is 2.89. The van der Waals surface area contributed by atoms with Gasteiger partial charge in [0.15, 0.2) is 0 Å². The molecule has 0 heterocycles. The third-order valence-electron chi connectivity index (χ3n) is 1.78. The fourth-order valence-corrected chi connectivity index (χ4v) is 1.08. The van der Waals surface area contributed by atoms with Crippen LogP contribution < -0.4 is 0 Å². The molecule has 0 aromatic carbocycles. The maximum Gasteiger partial charge on any atom is 0.0512 e. The molecule has 0 spiro atoms. The van der Waals surface area contributed by atoms with Gasteiger partial charge < -0.3 is 5.11 Å². The molecule has 0 aliphatic rings. The van der Waals surface area contributed by atoms with E-state index in [0.29, 0.717) is 0 Å². The summed E-state index contributed by atoms with van der Waals surface area (Å²) in [5.74, 6) is 0. The van der Waals surface area contributed by atoms with Crippen LogP contribution in [0.2, 0.25) is 0 Å². The van der Waals surface area contributed by atoms with E-state index < -0.39 is 0 Å². The van der Waals surface area contributed by atoms with Crippen molar-refractivity contribution in [2.24, 2.45) is 0 Å². The van der Waals surface area contributed by atoms with Gasteiger partial charge in [0.05, 0.1) is 6.10 Å². The summed E-state index contributed by atoms with van der Waals surface area (Å²) in [6, 6.07) is 0. The molecule has 0 aromatic rings. The molecule has 0 aliphatic heterocycles. The van der Waals surface area contributed by atoms with Gasteiger partial charge in [-0.2, -0.15) is 0 Å². The maximum atomic E-state index is 8.94. The molecule has 0 unspecified atom stereocenters. The molecule has 0 aliphatic carbocycles. The molecular weight excluding hydrogens is 136 g/mol. The van der Waals surface area contributed by atoms with Crippen LogP contribution in [0.3, 0.4) is 0 Å². The summed E-state index contributed by atoms with van der Waals surface area (Å²) in [4.78, 5) is 0. The quantitative estimate of drug-likeness (QED) is 0.444. The summed E-state index contributed by atoms with van der Waals surface area (Å²) in [7, 11) is 0. The highest BCUT2D eigenvalue weighted by Gasteiger charge is 1.94. The van der Waals surface area contributed by atoms with Crippen LogP contribution in [0.5, 0.6) is 0 Å². The van der Waals surface area contributed by atoms with E-state index in [1.807, 2.05) is 13.0 Å². The first kappa shape index (κ1) is 10.7. The molecule has 11 heavy (non-hydrogen) atoms. The summed E-state index contributed by atoms with van der Waals surface area (Å²) in [6.07, 6.45) is 8.88. The molecule has 66 valence electrons. The number of unbranched alkanes of at least 4 members (excludes halogenated alkanes) is 4. The first-order chi connectivity index (χ1) is 5.27. The lowest BCUT2D eigenvalue weighted by atomic mass is 10.1. The minimum Gasteiger partial charge on any atom is -0.393 e. The van der Waals surface area contributed by atoms with Crippen molar-refractivity contribution in [3.05, 3.63) is 12.7 Å². The van der Waals surface area contributed by atoms with Crippen molar-refractivity contribution < 1.29 is 5.11 Å². The summed E-state index contributed by atoms with van der Waals surface area (Å²) < 4.78 is 0. The molecular formula is C10H20O. The van der Waals surface area contributed by atoms with E-state index in [9.17, 15) is 0 Å². The number of hydrogen-bond donors (Lipinski definition) is 1. The van der Waals surface area contributed by atoms with E-state index in [4.69, 9.17) is 5.11 Å². The Morgan fingerprint density at radius 3 is 2.45 bits per heavy atom. The lowest BCUT2D eigenvalue weighted by Crippen LogP contribution is -1.97. The fraction of sp³-hybridized carbons (Fsp3) is 0.800. The maximum absolute atomic E-state index is 8.94. The van der Waals surface area contributed by atoms with Crippen LogP contribution in [0.15, 0.2) is 12.7 Å². The monoisotopic (exact) mass is 156 g/mol. The number of rotatable bonds is 7. The largest absolute Gasteiger partial charge is 0.393 e. The van der Waals surface area contributed by atoms with Crippen LogP contribution in [0.1, 0.15) is 45.4 Å². The molecule has 1 N–H and O–H groups in total. The molecule has 0 aromatic heterocycles. The standard InChI is InChI=1S/C10H20O/c1-3-4-5-6-7-8-9-10(2)11/h3,10-11H,1,4-9H2,2H3/t10-/m1/s1. The summed E-state index contributed by atoms with van der Waals surface area (Å²) >= 11 is 0. The van der Waals surface area contributed by atoms with Gasteiger partial charge in [0.25, 0.3) is 0 Å². The second-order valence-corrected chi connectivity index (χ2v) is 3.13. The Kier molecular flexibility index (Phi) is 7.59. The topological polar surface area (TPSA) is 20.2 Å². The highest BCUT2D eigenvalue weighted by molar-refractivity contribution is 4.65. The molecule has 1 atom stereocenters. The minimum atomic E-state index is -0.116. The number of aliphatic hydroxyl groups is 1. The van der Waals surface area contributed by atoms with Crippen LogP contribution in [-0.2, 0) is 0 Å². The normalized spacial score (nSPS) is 12.9. The number of hydrogen-bond acceptors (Lipinski definition) is 1. The lowest BCUT2D eigenvalue weighted by Gasteiger charge is -2.02. The van der Waals surface area contributed by atoms with Crippen molar-refractivity contribution in [1.82, 2.24) is 0 Å². The Balaban J connectivity index is 2.85. The first-order valence-electron chi connectivity index (χ1n) is 4.56. The molecule has 0 rings (SSSR count). The SMILES string of the molecule is C=CCCCCCC[C@@H](C)O. The van der Waals surface area contributed by atoms with Gasteiger partial charge >= 0.3 is 0 Å². The summed E-state index contributed by atoms with van der Waals surface area (Å²) in [6.45, 7) is 5.52. The van der Waals surface area contributed by atoms with E-state index in [0.717, 1.165) is 19.3 Å². The Morgan fingerprint density at radius 1 is 1.27 bits per heavy atom. The van der Waals surface area contributed by atoms with Crippen molar-refractivity contribution in [2.75, 3.05) is 0 Å². The summed E-state index contributed by atoms with van der Waals surface area (Å²) in [5.41, 5.74) is 0. The van der Waals surface area contributed by atoms with Crippen molar-refractivity contribution >= 4 is 0 Å². The summed E-state index contributed by atoms with van der Waals surface area (Å²) in [5, 5.41) is 8.94. The van der Waals surface area contributed by atoms with Crippen molar-refractivity contribution in [3.63, 3.8) is 0 Å². The Morgan fingerprint density at radius 2 is 1.91 bits per heavy atom. The number of allylic oxidation sites excluding steroid dienone is 1. The molecule has 0 bridgehead atoms. The first-order valence-corrected chi connectivity index (χ1v) is 4.56. The molecule has 0 amide bonds. The highest BCUT2D eigenvalue weighted by Crippen LogP contribution is 2.06. The molecule has 0 saturated carbocycles. The molecule has 0 radical (unpaired) electrons. The van der Waals surface area contributed by atoms with Crippen LogP contribution >= 0.6 is 0 Å². The third-order valence-corrected chi connectivity index (χ3v) is 1.78. The Hall–Kier alpha value is -0.300. The second-order valence-electron chi connectivity index (χ2n) is 3.13. The van der Waals surface area contributed by atoms with E-state index in [2.05, 4.69) is 6.58 Å². The third kappa shape index (κ3) is 9.70. The smallest absolute Gasteiger partial charge is 0.0512 e. The van der Waals surface area contributed by atoms with Crippen LogP contribution in [0.25, 0.3) is 0 Å².